The molecule has 0 aromatic heterocycles. The minimum Gasteiger partial charge on any atom is -0.351 e. The van der Waals surface area contributed by atoms with Gasteiger partial charge >= 0.3 is 6.03 Å². The van der Waals surface area contributed by atoms with Crippen LogP contribution in [-0.4, -0.2) is 46.4 Å². The van der Waals surface area contributed by atoms with Gasteiger partial charge < -0.3 is 16.0 Å². The van der Waals surface area contributed by atoms with Crippen LogP contribution >= 0.6 is 0 Å². The summed E-state index contributed by atoms with van der Waals surface area (Å²) in [7, 11) is 0. The van der Waals surface area contributed by atoms with Crippen LogP contribution in [-0.2, 0) is 15.1 Å². The highest BCUT2D eigenvalue weighted by atomic mass is 16.2. The zero-order valence-corrected chi connectivity index (χ0v) is 17.3. The van der Waals surface area contributed by atoms with Crippen LogP contribution in [0.25, 0.3) is 0 Å². The fraction of sp³-hybridized carbons (Fsp3) is 0.571. The Balaban J connectivity index is 1.67. The van der Waals surface area contributed by atoms with Crippen molar-refractivity contribution in [3.05, 3.63) is 35.9 Å². The van der Waals surface area contributed by atoms with Gasteiger partial charge in [0.1, 0.15) is 12.1 Å². The number of amides is 4. The van der Waals surface area contributed by atoms with E-state index in [1.807, 2.05) is 18.2 Å². The summed E-state index contributed by atoms with van der Waals surface area (Å²) in [5.74, 6) is -0.712. The number of hydrogen-bond acceptors (Lipinski definition) is 3. The van der Waals surface area contributed by atoms with Crippen LogP contribution in [0, 0.1) is 0 Å². The minimum absolute atomic E-state index is 0.0174. The van der Waals surface area contributed by atoms with Crippen molar-refractivity contribution >= 4 is 17.8 Å². The molecule has 0 unspecified atom stereocenters. The molecule has 152 valence electrons. The number of imide groups is 1. The van der Waals surface area contributed by atoms with Gasteiger partial charge in [-0.05, 0) is 40.2 Å². The molecule has 2 heterocycles. The predicted octanol–water partition coefficient (Wildman–Crippen LogP) is 0.853. The number of hydrogen-bond donors (Lipinski definition) is 3. The van der Waals surface area contributed by atoms with E-state index in [1.54, 1.807) is 19.1 Å². The lowest BCUT2D eigenvalue weighted by molar-refractivity contribution is -0.787. The fourth-order valence-electron chi connectivity index (χ4n) is 4.84. The monoisotopic (exact) mass is 387 g/mol. The molecular weight excluding hydrogens is 356 g/mol. The van der Waals surface area contributed by atoms with Gasteiger partial charge in [-0.1, -0.05) is 30.3 Å². The van der Waals surface area contributed by atoms with E-state index < -0.39 is 17.5 Å². The second-order valence-corrected chi connectivity index (χ2v) is 9.61. The second kappa shape index (κ2) is 6.88. The van der Waals surface area contributed by atoms with Crippen LogP contribution in [0.2, 0.25) is 0 Å². The molecule has 1 aromatic rings. The van der Waals surface area contributed by atoms with E-state index in [9.17, 15) is 14.4 Å². The first kappa shape index (κ1) is 20.3. The molecule has 2 fully saturated rings. The molecule has 1 atom stereocenters. The van der Waals surface area contributed by atoms with E-state index in [0.717, 1.165) is 17.7 Å². The zero-order valence-electron chi connectivity index (χ0n) is 17.3. The maximum Gasteiger partial charge on any atom is 0.325 e. The van der Waals surface area contributed by atoms with Gasteiger partial charge in [0.2, 0.25) is 5.91 Å². The maximum absolute atomic E-state index is 12.9. The van der Waals surface area contributed by atoms with E-state index in [0.29, 0.717) is 5.56 Å². The van der Waals surface area contributed by atoms with Gasteiger partial charge in [-0.2, -0.15) is 0 Å². The number of piperidine rings is 1. The number of quaternary nitrogens is 1. The number of nitrogens with one attached hydrogen (secondary N) is 2. The molecule has 2 aliphatic heterocycles. The van der Waals surface area contributed by atoms with Crippen molar-refractivity contribution in [2.45, 2.75) is 70.1 Å². The summed E-state index contributed by atoms with van der Waals surface area (Å²) in [6.07, 6.45) is 1.67. The van der Waals surface area contributed by atoms with Crippen molar-refractivity contribution in [3.63, 3.8) is 0 Å². The van der Waals surface area contributed by atoms with E-state index in [2.05, 4.69) is 43.6 Å². The number of rotatable bonds is 4. The number of nitrogens with two attached hydrogens (primary N) is 1. The van der Waals surface area contributed by atoms with Crippen LogP contribution in [0.3, 0.4) is 0 Å². The lowest BCUT2D eigenvalue weighted by Crippen LogP contribution is -3.06. The van der Waals surface area contributed by atoms with E-state index in [1.165, 1.54) is 0 Å². The molecular formula is C21H31N4O3+. The Bertz CT molecular complexity index is 774. The molecule has 0 radical (unpaired) electrons. The van der Waals surface area contributed by atoms with E-state index >= 15 is 0 Å². The first-order valence-corrected chi connectivity index (χ1v) is 9.78. The summed E-state index contributed by atoms with van der Waals surface area (Å²) < 4.78 is 0. The Hall–Kier alpha value is -2.41. The Morgan fingerprint density at radius 1 is 1.11 bits per heavy atom. The quantitative estimate of drug-likeness (QED) is 0.669. The second-order valence-electron chi connectivity index (χ2n) is 9.61. The molecule has 7 nitrogen and oxygen atoms in total. The summed E-state index contributed by atoms with van der Waals surface area (Å²) >= 11 is 0. The average molecular weight is 388 g/mol. The molecule has 0 aliphatic carbocycles. The Labute approximate surface area is 166 Å². The zero-order chi connectivity index (χ0) is 20.7. The third kappa shape index (κ3) is 4.04. The molecule has 0 saturated carbocycles. The largest absolute Gasteiger partial charge is 0.351 e. The average Bonchev–Trinajstić information content (AvgIpc) is 2.77. The molecule has 0 spiro atoms. The Morgan fingerprint density at radius 3 is 2.25 bits per heavy atom. The normalized spacial score (nSPS) is 26.8. The van der Waals surface area contributed by atoms with Crippen molar-refractivity contribution in [1.29, 1.82) is 0 Å². The summed E-state index contributed by atoms with van der Waals surface area (Å²) in [6, 6.07) is 8.56. The van der Waals surface area contributed by atoms with E-state index in [-0.39, 0.29) is 29.6 Å². The molecule has 1 aromatic carbocycles. The maximum atomic E-state index is 12.9. The molecule has 4 amide bonds. The highest BCUT2D eigenvalue weighted by Gasteiger charge is 2.49. The minimum atomic E-state index is -1.15. The molecule has 3 rings (SSSR count). The number of carbonyl (C=O) groups excluding carboxylic acids is 3. The number of carbonyl (C=O) groups is 3. The topological polar surface area (TPSA) is 95.1 Å². The third-order valence-corrected chi connectivity index (χ3v) is 5.62. The van der Waals surface area contributed by atoms with Crippen molar-refractivity contribution in [1.82, 2.24) is 15.5 Å². The SMILES string of the molecule is CC1(C)CC(NC(=O)CN2C(=O)N[C@](C)(c3ccccc3)C2=O)CC(C)(C)[NH2+]1. The van der Waals surface area contributed by atoms with Crippen LogP contribution in [0.15, 0.2) is 30.3 Å². The van der Waals surface area contributed by atoms with Gasteiger partial charge in [-0.25, -0.2) is 4.79 Å². The molecule has 4 N–H and O–H groups in total. The van der Waals surface area contributed by atoms with Crippen molar-refractivity contribution < 1.29 is 19.7 Å². The van der Waals surface area contributed by atoms with Gasteiger partial charge in [-0.3, -0.25) is 14.5 Å². The first-order valence-electron chi connectivity index (χ1n) is 9.78. The predicted molar refractivity (Wildman–Crippen MR) is 105 cm³/mol. The van der Waals surface area contributed by atoms with Crippen molar-refractivity contribution in [3.8, 4) is 0 Å². The van der Waals surface area contributed by atoms with E-state index in [4.69, 9.17) is 0 Å². The summed E-state index contributed by atoms with van der Waals surface area (Å²) in [4.78, 5) is 39.0. The Kier molecular flexibility index (Phi) is 5.00. The summed E-state index contributed by atoms with van der Waals surface area (Å²) in [6.45, 7) is 10.0. The lowest BCUT2D eigenvalue weighted by atomic mass is 9.79. The first-order chi connectivity index (χ1) is 12.9. The van der Waals surface area contributed by atoms with Crippen molar-refractivity contribution in [2.24, 2.45) is 0 Å². The summed E-state index contributed by atoms with van der Waals surface area (Å²) in [5, 5.41) is 8.11. The van der Waals surface area contributed by atoms with Crippen LogP contribution in [0.5, 0.6) is 0 Å². The molecule has 28 heavy (non-hydrogen) atoms. The van der Waals surface area contributed by atoms with Gasteiger partial charge in [-0.15, -0.1) is 0 Å². The molecule has 0 bridgehead atoms. The molecule has 7 heteroatoms. The van der Waals surface area contributed by atoms with Crippen LogP contribution < -0.4 is 16.0 Å². The third-order valence-electron chi connectivity index (χ3n) is 5.62. The van der Waals surface area contributed by atoms with Gasteiger partial charge in [0.05, 0.1) is 11.1 Å². The van der Waals surface area contributed by atoms with Crippen LogP contribution in [0.4, 0.5) is 4.79 Å². The standard InChI is InChI=1S/C21H30N4O3/c1-19(2)11-15(12-20(3,4)24-19)22-16(26)13-25-17(27)21(5,23-18(25)28)14-9-7-6-8-10-14/h6-10,15,24H,11-13H2,1-5H3,(H,22,26)(H,23,28)/p+1/t21-/m1/s1. The lowest BCUT2D eigenvalue weighted by Gasteiger charge is -2.43. The molecule has 2 aliphatic rings. The number of nitrogens with zero attached hydrogens (tertiary/aromatic N) is 1. The smallest absolute Gasteiger partial charge is 0.325 e. The van der Waals surface area contributed by atoms with Crippen LogP contribution in [0.1, 0.15) is 53.0 Å². The Morgan fingerprint density at radius 2 is 1.68 bits per heavy atom. The van der Waals surface area contributed by atoms with Gasteiger partial charge in [0, 0.05) is 18.9 Å². The van der Waals surface area contributed by atoms with Crippen molar-refractivity contribution in [2.75, 3.05) is 6.54 Å². The highest BCUT2D eigenvalue weighted by Crippen LogP contribution is 2.28. The molecule has 2 saturated heterocycles. The number of benzene rings is 1. The number of urea groups is 1. The summed E-state index contributed by atoms with van der Waals surface area (Å²) in [5.41, 5.74) is -0.413. The highest BCUT2D eigenvalue weighted by molar-refractivity contribution is 6.09. The van der Waals surface area contributed by atoms with Gasteiger partial charge in [0.15, 0.2) is 0 Å². The fourth-order valence-corrected chi connectivity index (χ4v) is 4.84. The van der Waals surface area contributed by atoms with Gasteiger partial charge in [0.25, 0.3) is 5.91 Å².